The summed E-state index contributed by atoms with van der Waals surface area (Å²) in [6, 6.07) is 6.13. The first kappa shape index (κ1) is 20.6. The molecule has 0 fully saturated rings. The highest BCUT2D eigenvalue weighted by atomic mass is 35.5. The molecule has 3 rings (SSSR count). The van der Waals surface area contributed by atoms with Crippen LogP contribution in [0.1, 0.15) is 19.8 Å². The average Bonchev–Trinajstić information content (AvgIpc) is 3.07. The molecule has 2 aromatic heterocycles. The fraction of sp³-hybridized carbons (Fsp3) is 0.421. The van der Waals surface area contributed by atoms with Crippen molar-refractivity contribution in [3.05, 3.63) is 23.4 Å². The molecule has 0 radical (unpaired) electrons. The molecule has 0 aliphatic carbocycles. The Kier molecular flexibility index (Phi) is 6.53. The second-order valence-electron chi connectivity index (χ2n) is 6.83. The molecule has 0 saturated carbocycles. The zero-order valence-electron chi connectivity index (χ0n) is 16.2. The molecule has 0 amide bonds. The lowest BCUT2D eigenvalue weighted by Crippen LogP contribution is -2.13. The Morgan fingerprint density at radius 1 is 1.29 bits per heavy atom. The molecule has 1 aromatic carbocycles. The summed E-state index contributed by atoms with van der Waals surface area (Å²) in [7, 11) is 4.01. The zero-order valence-corrected chi connectivity index (χ0v) is 17.8. The van der Waals surface area contributed by atoms with Crippen LogP contribution in [0.25, 0.3) is 20.8 Å². The Bertz CT molecular complexity index is 957. The lowest BCUT2D eigenvalue weighted by molar-refractivity contribution is 0.217. The van der Waals surface area contributed by atoms with Gasteiger partial charge in [-0.1, -0.05) is 24.9 Å². The van der Waals surface area contributed by atoms with Crippen molar-refractivity contribution in [3.8, 4) is 10.6 Å². The number of nitrogens with two attached hydrogens (primary N) is 1. The molecule has 2 heterocycles. The monoisotopic (exact) mass is 420 g/mol. The predicted molar refractivity (Wildman–Crippen MR) is 118 cm³/mol. The van der Waals surface area contributed by atoms with E-state index in [-0.39, 0.29) is 23.6 Å². The number of fused-ring (bicyclic) bond motifs is 1. The highest BCUT2D eigenvalue weighted by Gasteiger charge is 2.19. The van der Waals surface area contributed by atoms with Crippen LogP contribution in [0.2, 0.25) is 5.15 Å². The molecule has 0 spiro atoms. The van der Waals surface area contributed by atoms with Gasteiger partial charge in [-0.05, 0) is 30.5 Å². The lowest BCUT2D eigenvalue weighted by atomic mass is 10.0. The van der Waals surface area contributed by atoms with Crippen molar-refractivity contribution in [3.63, 3.8) is 0 Å². The van der Waals surface area contributed by atoms with Crippen molar-refractivity contribution in [2.75, 3.05) is 43.2 Å². The van der Waals surface area contributed by atoms with E-state index in [9.17, 15) is 5.11 Å². The summed E-state index contributed by atoms with van der Waals surface area (Å²) in [5.41, 5.74) is 8.47. The number of rotatable bonds is 8. The second kappa shape index (κ2) is 8.89. The third-order valence-electron chi connectivity index (χ3n) is 4.67. The van der Waals surface area contributed by atoms with Gasteiger partial charge in [0, 0.05) is 32.9 Å². The number of thiazole rings is 1. The molecule has 28 heavy (non-hydrogen) atoms. The molecule has 7 nitrogen and oxygen atoms in total. The van der Waals surface area contributed by atoms with Crippen LogP contribution in [0.4, 0.5) is 17.5 Å². The first-order chi connectivity index (χ1) is 13.4. The van der Waals surface area contributed by atoms with Crippen LogP contribution in [0.5, 0.6) is 0 Å². The van der Waals surface area contributed by atoms with Gasteiger partial charge in [0.05, 0.1) is 15.8 Å². The van der Waals surface area contributed by atoms with E-state index in [4.69, 9.17) is 22.3 Å². The summed E-state index contributed by atoms with van der Waals surface area (Å²) in [6.07, 6.45) is 1.74. The predicted octanol–water partition coefficient (Wildman–Crippen LogP) is 3.88. The summed E-state index contributed by atoms with van der Waals surface area (Å²) in [5.74, 6) is 0.927. The molecular formula is C19H25ClN6OS. The largest absolute Gasteiger partial charge is 0.396 e. The van der Waals surface area contributed by atoms with Crippen LogP contribution in [-0.4, -0.2) is 47.3 Å². The first-order valence-corrected chi connectivity index (χ1v) is 10.4. The maximum Gasteiger partial charge on any atom is 0.223 e. The van der Waals surface area contributed by atoms with Crippen molar-refractivity contribution >= 4 is 50.6 Å². The number of benzene rings is 1. The van der Waals surface area contributed by atoms with Gasteiger partial charge in [-0.3, -0.25) is 0 Å². The van der Waals surface area contributed by atoms with E-state index in [1.54, 1.807) is 11.3 Å². The van der Waals surface area contributed by atoms with E-state index >= 15 is 0 Å². The normalized spacial score (nSPS) is 12.3. The van der Waals surface area contributed by atoms with Crippen LogP contribution in [0.15, 0.2) is 18.2 Å². The SMILES string of the molecule is CCC(CO)CCNc1nc(N)nc(Cl)c1-c1nc2ccc(N(C)C)cc2s1. The van der Waals surface area contributed by atoms with Gasteiger partial charge in [0.1, 0.15) is 16.0 Å². The quantitative estimate of drug-likeness (QED) is 0.475. The Hall–Kier alpha value is -2.16. The highest BCUT2D eigenvalue weighted by molar-refractivity contribution is 7.21. The topological polar surface area (TPSA) is 100 Å². The van der Waals surface area contributed by atoms with Gasteiger partial charge in [0.25, 0.3) is 0 Å². The maximum absolute atomic E-state index is 9.38. The van der Waals surface area contributed by atoms with Crippen LogP contribution < -0.4 is 16.0 Å². The Labute approximate surface area is 173 Å². The third-order valence-corrected chi connectivity index (χ3v) is 5.97. The van der Waals surface area contributed by atoms with E-state index in [1.807, 2.05) is 26.2 Å². The number of aliphatic hydroxyl groups excluding tert-OH is 1. The fourth-order valence-corrected chi connectivity index (χ4v) is 4.25. The summed E-state index contributed by atoms with van der Waals surface area (Å²) in [5, 5.41) is 13.7. The summed E-state index contributed by atoms with van der Waals surface area (Å²) < 4.78 is 1.06. The van der Waals surface area contributed by atoms with Gasteiger partial charge >= 0.3 is 0 Å². The number of nitrogens with one attached hydrogen (secondary N) is 1. The van der Waals surface area contributed by atoms with Crippen LogP contribution >= 0.6 is 22.9 Å². The summed E-state index contributed by atoms with van der Waals surface area (Å²) >= 11 is 7.96. The number of aromatic nitrogens is 3. The molecule has 3 aromatic rings. The van der Waals surface area contributed by atoms with Crippen molar-refractivity contribution in [1.29, 1.82) is 0 Å². The number of nitrogen functional groups attached to an aromatic ring is 1. The van der Waals surface area contributed by atoms with Gasteiger partial charge in [-0.15, -0.1) is 11.3 Å². The average molecular weight is 421 g/mol. The van der Waals surface area contributed by atoms with E-state index in [2.05, 4.69) is 33.2 Å². The van der Waals surface area contributed by atoms with E-state index in [0.717, 1.165) is 33.8 Å². The van der Waals surface area contributed by atoms with Crippen LogP contribution in [0.3, 0.4) is 0 Å². The molecule has 0 aliphatic heterocycles. The van der Waals surface area contributed by atoms with Crippen molar-refractivity contribution in [1.82, 2.24) is 15.0 Å². The fourth-order valence-electron chi connectivity index (χ4n) is 2.88. The van der Waals surface area contributed by atoms with Crippen molar-refractivity contribution in [2.24, 2.45) is 5.92 Å². The highest BCUT2D eigenvalue weighted by Crippen LogP contribution is 2.38. The number of anilines is 3. The molecule has 0 aliphatic rings. The lowest BCUT2D eigenvalue weighted by Gasteiger charge is -2.14. The van der Waals surface area contributed by atoms with E-state index < -0.39 is 0 Å². The maximum atomic E-state index is 9.38. The number of halogens is 1. The number of nitrogens with zero attached hydrogens (tertiary/aromatic N) is 4. The van der Waals surface area contributed by atoms with Gasteiger partial charge in [-0.25, -0.2) is 9.97 Å². The Balaban J connectivity index is 1.95. The molecule has 150 valence electrons. The molecule has 1 unspecified atom stereocenters. The minimum Gasteiger partial charge on any atom is -0.396 e. The second-order valence-corrected chi connectivity index (χ2v) is 8.22. The molecule has 0 bridgehead atoms. The molecule has 0 saturated heterocycles. The van der Waals surface area contributed by atoms with Crippen LogP contribution in [0, 0.1) is 5.92 Å². The Morgan fingerprint density at radius 3 is 2.75 bits per heavy atom. The zero-order chi connectivity index (χ0) is 20.3. The molecule has 1 atom stereocenters. The van der Waals surface area contributed by atoms with Crippen LogP contribution in [-0.2, 0) is 0 Å². The Morgan fingerprint density at radius 2 is 2.07 bits per heavy atom. The standard InChI is InChI=1S/C19H25ClN6OS/c1-4-11(10-27)7-8-22-17-15(16(20)24-19(21)25-17)18-23-13-6-5-12(26(2)3)9-14(13)28-18/h5-6,9,11,27H,4,7-8,10H2,1-3H3,(H3,21,22,24,25). The van der Waals surface area contributed by atoms with Crippen molar-refractivity contribution < 1.29 is 5.11 Å². The summed E-state index contributed by atoms with van der Waals surface area (Å²) in [6.45, 7) is 2.88. The number of aliphatic hydroxyl groups is 1. The first-order valence-electron chi connectivity index (χ1n) is 9.19. The molecular weight excluding hydrogens is 396 g/mol. The van der Waals surface area contributed by atoms with Gasteiger partial charge < -0.3 is 21.1 Å². The summed E-state index contributed by atoms with van der Waals surface area (Å²) in [4.78, 5) is 15.2. The molecule has 9 heteroatoms. The number of hydrogen-bond acceptors (Lipinski definition) is 8. The molecule has 4 N–H and O–H groups in total. The van der Waals surface area contributed by atoms with Crippen molar-refractivity contribution in [2.45, 2.75) is 19.8 Å². The number of hydrogen-bond donors (Lipinski definition) is 3. The van der Waals surface area contributed by atoms with E-state index in [1.165, 1.54) is 0 Å². The smallest absolute Gasteiger partial charge is 0.223 e. The third kappa shape index (κ3) is 4.45. The van der Waals surface area contributed by atoms with Gasteiger partial charge in [0.2, 0.25) is 5.95 Å². The van der Waals surface area contributed by atoms with E-state index in [0.29, 0.717) is 17.9 Å². The minimum atomic E-state index is 0.112. The minimum absolute atomic E-state index is 0.112. The van der Waals surface area contributed by atoms with Gasteiger partial charge in [0.15, 0.2) is 0 Å². The van der Waals surface area contributed by atoms with Gasteiger partial charge in [-0.2, -0.15) is 4.98 Å².